The number of benzene rings is 3. The summed E-state index contributed by atoms with van der Waals surface area (Å²) in [5.74, 6) is 0.678. The molecule has 30 heavy (non-hydrogen) atoms. The van der Waals surface area contributed by atoms with Crippen LogP contribution in [0.25, 0.3) is 11.1 Å². The Kier molecular flexibility index (Phi) is 4.89. The van der Waals surface area contributed by atoms with Crippen molar-refractivity contribution < 1.29 is 19.4 Å². The van der Waals surface area contributed by atoms with E-state index in [-0.39, 0.29) is 12.8 Å². The fraction of sp³-hybridized carbons (Fsp3) is 0.240. The third-order valence-electron chi connectivity index (χ3n) is 5.96. The molecule has 0 aromatic heterocycles. The highest BCUT2D eigenvalue weighted by atomic mass is 16.7. The van der Waals surface area contributed by atoms with Gasteiger partial charge in [-0.05, 0) is 47.2 Å². The molecule has 5 heteroatoms. The Hall–Kier alpha value is -3.31. The number of nitrogens with zero attached hydrogens (tertiary/aromatic N) is 1. The lowest BCUT2D eigenvalue weighted by atomic mass is 9.94. The Morgan fingerprint density at radius 2 is 1.60 bits per heavy atom. The van der Waals surface area contributed by atoms with Gasteiger partial charge in [0.15, 0.2) is 11.5 Å². The maximum absolute atomic E-state index is 11.9. The summed E-state index contributed by atoms with van der Waals surface area (Å²) in [6.45, 7) is 0.965. The molecule has 1 fully saturated rings. The molecule has 0 aliphatic carbocycles. The molecular weight excluding hydrogens is 378 g/mol. The van der Waals surface area contributed by atoms with Crippen molar-refractivity contribution >= 4 is 5.97 Å². The molecule has 2 heterocycles. The Morgan fingerprint density at radius 1 is 0.900 bits per heavy atom. The van der Waals surface area contributed by atoms with E-state index >= 15 is 0 Å². The minimum atomic E-state index is -0.765. The molecule has 2 unspecified atom stereocenters. The fourth-order valence-electron chi connectivity index (χ4n) is 4.51. The molecule has 2 aliphatic rings. The van der Waals surface area contributed by atoms with Gasteiger partial charge >= 0.3 is 5.97 Å². The van der Waals surface area contributed by atoms with Crippen molar-refractivity contribution in [3.8, 4) is 22.6 Å². The molecule has 152 valence electrons. The number of fused-ring (bicyclic) bond motifs is 1. The topological polar surface area (TPSA) is 59.0 Å². The van der Waals surface area contributed by atoms with E-state index < -0.39 is 12.0 Å². The van der Waals surface area contributed by atoms with Gasteiger partial charge in [-0.15, -0.1) is 0 Å². The third-order valence-corrected chi connectivity index (χ3v) is 5.96. The summed E-state index contributed by atoms with van der Waals surface area (Å²) in [4.78, 5) is 14.0. The van der Waals surface area contributed by atoms with Crippen LogP contribution in [0.5, 0.6) is 11.5 Å². The minimum absolute atomic E-state index is 0.159. The lowest BCUT2D eigenvalue weighted by molar-refractivity contribution is -0.142. The quantitative estimate of drug-likeness (QED) is 0.670. The summed E-state index contributed by atoms with van der Waals surface area (Å²) in [7, 11) is 0. The van der Waals surface area contributed by atoms with Gasteiger partial charge in [0.1, 0.15) is 6.04 Å². The van der Waals surface area contributed by atoms with Crippen LogP contribution < -0.4 is 9.47 Å². The molecular formula is C25H23NO4. The van der Waals surface area contributed by atoms with Gasteiger partial charge < -0.3 is 14.6 Å². The first-order chi connectivity index (χ1) is 14.7. The van der Waals surface area contributed by atoms with Crippen LogP contribution >= 0.6 is 0 Å². The molecule has 0 radical (unpaired) electrons. The molecule has 2 atom stereocenters. The normalized spacial score (nSPS) is 19.0. The number of carbonyl (C=O) groups is 1. The summed E-state index contributed by atoms with van der Waals surface area (Å²) in [5, 5.41) is 9.79. The smallest absolute Gasteiger partial charge is 0.320 e. The summed E-state index contributed by atoms with van der Waals surface area (Å²) < 4.78 is 11.0. The maximum atomic E-state index is 11.9. The minimum Gasteiger partial charge on any atom is -0.480 e. The number of carboxylic acids is 1. The van der Waals surface area contributed by atoms with E-state index in [0.29, 0.717) is 12.2 Å². The molecule has 2 aliphatic heterocycles. The number of likely N-dealkylation sites (tertiary alicyclic amines) is 1. The Bertz CT molecular complexity index is 1050. The lowest BCUT2D eigenvalue weighted by Gasteiger charge is -2.32. The largest absolute Gasteiger partial charge is 0.480 e. The van der Waals surface area contributed by atoms with E-state index in [9.17, 15) is 9.90 Å². The Morgan fingerprint density at radius 3 is 2.37 bits per heavy atom. The maximum Gasteiger partial charge on any atom is 0.320 e. The second-order valence-electron chi connectivity index (χ2n) is 7.74. The van der Waals surface area contributed by atoms with Crippen molar-refractivity contribution in [1.29, 1.82) is 0 Å². The molecule has 0 spiro atoms. The van der Waals surface area contributed by atoms with Gasteiger partial charge in [-0.25, -0.2) is 0 Å². The van der Waals surface area contributed by atoms with Crippen LogP contribution in [0.1, 0.15) is 30.0 Å². The highest BCUT2D eigenvalue weighted by Gasteiger charge is 2.37. The Labute approximate surface area is 175 Å². The van der Waals surface area contributed by atoms with Crippen molar-refractivity contribution in [3.63, 3.8) is 0 Å². The molecule has 5 rings (SSSR count). The molecule has 5 nitrogen and oxygen atoms in total. The summed E-state index contributed by atoms with van der Waals surface area (Å²) in [6.07, 6.45) is 1.54. The van der Waals surface area contributed by atoms with Crippen LogP contribution in [0.4, 0.5) is 0 Å². The molecule has 1 saturated heterocycles. The SMILES string of the molecule is O=C(O)C1CCCN1C(c1ccc(-c2ccccc2)cc1)c1ccc2c(c1)OCO2. The molecule has 0 bridgehead atoms. The van der Waals surface area contributed by atoms with E-state index in [1.807, 2.05) is 36.4 Å². The second kappa shape index (κ2) is 7.84. The third kappa shape index (κ3) is 3.42. The number of ether oxygens (including phenoxy) is 2. The highest BCUT2D eigenvalue weighted by Crippen LogP contribution is 2.40. The predicted octanol–water partition coefficient (Wildman–Crippen LogP) is 4.72. The standard InChI is InChI=1S/C25H23NO4/c27-25(28)21-7-4-14-26(21)24(20-12-13-22-23(15-20)30-16-29-22)19-10-8-18(9-11-19)17-5-2-1-3-6-17/h1-3,5-6,8-13,15,21,24H,4,7,14,16H2,(H,27,28). The molecule has 0 amide bonds. The number of hydrogen-bond acceptors (Lipinski definition) is 4. The first-order valence-corrected chi connectivity index (χ1v) is 10.2. The first kappa shape index (κ1) is 18.7. The monoisotopic (exact) mass is 401 g/mol. The number of aliphatic carboxylic acids is 1. The van der Waals surface area contributed by atoms with Crippen LogP contribution in [0, 0.1) is 0 Å². The number of carboxylic acid groups (broad SMARTS) is 1. The molecule has 0 saturated carbocycles. The zero-order chi connectivity index (χ0) is 20.5. The van der Waals surface area contributed by atoms with E-state index in [4.69, 9.17) is 9.47 Å². The van der Waals surface area contributed by atoms with Gasteiger partial charge in [-0.2, -0.15) is 0 Å². The average Bonchev–Trinajstić information content (AvgIpc) is 3.44. The van der Waals surface area contributed by atoms with Gasteiger partial charge in [-0.1, -0.05) is 60.7 Å². The second-order valence-corrected chi connectivity index (χ2v) is 7.74. The van der Waals surface area contributed by atoms with Gasteiger partial charge in [0.25, 0.3) is 0 Å². The van der Waals surface area contributed by atoms with Crippen LogP contribution in [-0.4, -0.2) is 35.4 Å². The zero-order valence-electron chi connectivity index (χ0n) is 16.5. The van der Waals surface area contributed by atoms with Gasteiger partial charge in [0.05, 0.1) is 6.04 Å². The lowest BCUT2D eigenvalue weighted by Crippen LogP contribution is -2.39. The van der Waals surface area contributed by atoms with Crippen molar-refractivity contribution in [2.75, 3.05) is 13.3 Å². The summed E-state index contributed by atoms with van der Waals surface area (Å²) in [6, 6.07) is 23.9. The van der Waals surface area contributed by atoms with E-state index in [0.717, 1.165) is 41.0 Å². The van der Waals surface area contributed by atoms with Crippen molar-refractivity contribution in [2.24, 2.45) is 0 Å². The fourth-order valence-corrected chi connectivity index (χ4v) is 4.51. The first-order valence-electron chi connectivity index (χ1n) is 10.2. The van der Waals surface area contributed by atoms with Crippen molar-refractivity contribution in [1.82, 2.24) is 4.90 Å². The van der Waals surface area contributed by atoms with Crippen LogP contribution in [-0.2, 0) is 4.79 Å². The summed E-state index contributed by atoms with van der Waals surface area (Å²) in [5.41, 5.74) is 4.38. The summed E-state index contributed by atoms with van der Waals surface area (Å²) >= 11 is 0. The zero-order valence-corrected chi connectivity index (χ0v) is 16.5. The molecule has 3 aromatic rings. The Balaban J connectivity index is 1.55. The highest BCUT2D eigenvalue weighted by molar-refractivity contribution is 5.74. The number of hydrogen-bond donors (Lipinski definition) is 1. The van der Waals surface area contributed by atoms with E-state index in [1.165, 1.54) is 0 Å². The van der Waals surface area contributed by atoms with Crippen LogP contribution in [0.2, 0.25) is 0 Å². The van der Waals surface area contributed by atoms with Crippen LogP contribution in [0.3, 0.4) is 0 Å². The average molecular weight is 401 g/mol. The van der Waals surface area contributed by atoms with Crippen LogP contribution in [0.15, 0.2) is 72.8 Å². The van der Waals surface area contributed by atoms with Gasteiger partial charge in [0.2, 0.25) is 6.79 Å². The van der Waals surface area contributed by atoms with Crippen molar-refractivity contribution in [3.05, 3.63) is 83.9 Å². The van der Waals surface area contributed by atoms with E-state index in [1.54, 1.807) is 0 Å². The molecule has 1 N–H and O–H groups in total. The predicted molar refractivity (Wildman–Crippen MR) is 114 cm³/mol. The van der Waals surface area contributed by atoms with Crippen molar-refractivity contribution in [2.45, 2.75) is 24.9 Å². The van der Waals surface area contributed by atoms with Gasteiger partial charge in [0, 0.05) is 6.54 Å². The van der Waals surface area contributed by atoms with Gasteiger partial charge in [-0.3, -0.25) is 9.69 Å². The number of rotatable bonds is 5. The molecule has 3 aromatic carbocycles. The van der Waals surface area contributed by atoms with E-state index in [2.05, 4.69) is 41.3 Å².